The minimum atomic E-state index is -0.936. The predicted molar refractivity (Wildman–Crippen MR) is 138 cm³/mol. The van der Waals surface area contributed by atoms with Crippen molar-refractivity contribution in [1.82, 2.24) is 4.90 Å². The van der Waals surface area contributed by atoms with Gasteiger partial charge < -0.3 is 29.0 Å². The Bertz CT molecular complexity index is 1100. The molecule has 36 heavy (non-hydrogen) atoms. The van der Waals surface area contributed by atoms with Crippen LogP contribution in [-0.4, -0.2) is 55.8 Å². The second-order valence-electron chi connectivity index (χ2n) is 9.16. The van der Waals surface area contributed by atoms with E-state index in [1.54, 1.807) is 14.2 Å². The van der Waals surface area contributed by atoms with Gasteiger partial charge in [0.05, 0.1) is 26.9 Å². The van der Waals surface area contributed by atoms with E-state index in [0.29, 0.717) is 6.42 Å². The number of aliphatic hydroxyl groups is 1. The summed E-state index contributed by atoms with van der Waals surface area (Å²) >= 11 is 0. The molecule has 0 bridgehead atoms. The van der Waals surface area contributed by atoms with E-state index in [2.05, 4.69) is 29.3 Å². The zero-order valence-electron chi connectivity index (χ0n) is 20.7. The van der Waals surface area contributed by atoms with Crippen LogP contribution in [0.25, 0.3) is 0 Å². The van der Waals surface area contributed by atoms with Gasteiger partial charge in [-0.05, 0) is 53.6 Å². The SMILES string of the molecule is COc1ccc(C(OC[C@H]2O[C@@H](N3C=CCC3)C[C@H]2O)(c2ccccc2)c2ccc(OC)cc2)cc1. The molecule has 0 aromatic heterocycles. The summed E-state index contributed by atoms with van der Waals surface area (Å²) in [6.07, 6.45) is 4.57. The standard InChI is InChI=1S/C30H33NO5/c1-33-25-14-10-23(11-15-25)30(22-8-4-3-5-9-22,24-12-16-26(34-2)17-13-24)35-21-28-27(32)20-29(36-28)31-18-6-7-19-31/h3-6,8-18,27-29,32H,7,19-21H2,1-2H3/t27-,28-,29-/m1/s1. The van der Waals surface area contributed by atoms with Gasteiger partial charge in [-0.25, -0.2) is 0 Å². The van der Waals surface area contributed by atoms with Gasteiger partial charge in [0.1, 0.15) is 29.4 Å². The monoisotopic (exact) mass is 487 g/mol. The third kappa shape index (κ3) is 4.72. The maximum atomic E-state index is 10.9. The van der Waals surface area contributed by atoms with Crippen molar-refractivity contribution in [3.05, 3.63) is 108 Å². The summed E-state index contributed by atoms with van der Waals surface area (Å²) in [6, 6.07) is 26.0. The largest absolute Gasteiger partial charge is 0.497 e. The Hall–Kier alpha value is -3.32. The molecule has 3 aromatic carbocycles. The molecule has 0 aliphatic carbocycles. The van der Waals surface area contributed by atoms with Crippen molar-refractivity contribution >= 4 is 0 Å². The fourth-order valence-corrected chi connectivity index (χ4v) is 5.10. The molecule has 2 aliphatic heterocycles. The summed E-state index contributed by atoms with van der Waals surface area (Å²) in [5, 5.41) is 10.9. The van der Waals surface area contributed by atoms with Crippen molar-refractivity contribution in [2.24, 2.45) is 0 Å². The molecule has 2 aliphatic rings. The molecule has 1 fully saturated rings. The van der Waals surface area contributed by atoms with Gasteiger partial charge in [-0.1, -0.05) is 60.7 Å². The van der Waals surface area contributed by atoms with Gasteiger partial charge in [-0.15, -0.1) is 0 Å². The second-order valence-corrected chi connectivity index (χ2v) is 9.16. The Labute approximate surface area is 212 Å². The lowest BCUT2D eigenvalue weighted by atomic mass is 9.80. The first-order chi connectivity index (χ1) is 17.6. The van der Waals surface area contributed by atoms with Gasteiger partial charge in [0.25, 0.3) is 0 Å². The van der Waals surface area contributed by atoms with Crippen LogP contribution >= 0.6 is 0 Å². The second kappa shape index (κ2) is 10.7. The molecule has 3 aromatic rings. The number of hydrogen-bond acceptors (Lipinski definition) is 6. The number of rotatable bonds is 9. The normalized spacial score (nSPS) is 21.6. The molecule has 6 heteroatoms. The van der Waals surface area contributed by atoms with Crippen molar-refractivity contribution in [2.45, 2.75) is 36.9 Å². The molecule has 2 heterocycles. The van der Waals surface area contributed by atoms with Crippen molar-refractivity contribution in [2.75, 3.05) is 27.4 Å². The Morgan fingerprint density at radius 3 is 1.97 bits per heavy atom. The zero-order chi connectivity index (χ0) is 25.0. The maximum absolute atomic E-state index is 10.9. The van der Waals surface area contributed by atoms with Gasteiger partial charge in [0, 0.05) is 13.0 Å². The number of ether oxygens (including phenoxy) is 4. The van der Waals surface area contributed by atoms with E-state index >= 15 is 0 Å². The molecule has 0 unspecified atom stereocenters. The molecular weight excluding hydrogens is 454 g/mol. The highest BCUT2D eigenvalue weighted by atomic mass is 16.6. The third-order valence-corrected chi connectivity index (χ3v) is 7.06. The molecule has 0 spiro atoms. The van der Waals surface area contributed by atoms with E-state index in [1.165, 1.54) is 0 Å². The van der Waals surface area contributed by atoms with Gasteiger partial charge in [-0.2, -0.15) is 0 Å². The van der Waals surface area contributed by atoms with Crippen LogP contribution in [0.5, 0.6) is 11.5 Å². The first-order valence-electron chi connectivity index (χ1n) is 12.4. The molecule has 188 valence electrons. The molecule has 0 amide bonds. The van der Waals surface area contributed by atoms with E-state index in [4.69, 9.17) is 18.9 Å². The average molecular weight is 488 g/mol. The summed E-state index contributed by atoms with van der Waals surface area (Å²) in [5.41, 5.74) is 1.94. The Morgan fingerprint density at radius 1 is 0.861 bits per heavy atom. The molecule has 1 saturated heterocycles. The number of nitrogens with zero attached hydrogens (tertiary/aromatic N) is 1. The van der Waals surface area contributed by atoms with Crippen LogP contribution in [0.1, 0.15) is 29.5 Å². The third-order valence-electron chi connectivity index (χ3n) is 7.06. The van der Waals surface area contributed by atoms with Crippen LogP contribution < -0.4 is 9.47 Å². The number of benzene rings is 3. The highest BCUT2D eigenvalue weighted by molar-refractivity contribution is 5.49. The van der Waals surface area contributed by atoms with Crippen LogP contribution in [0.4, 0.5) is 0 Å². The van der Waals surface area contributed by atoms with Crippen molar-refractivity contribution in [3.63, 3.8) is 0 Å². The highest BCUT2D eigenvalue weighted by Gasteiger charge is 2.42. The average Bonchev–Trinajstić information content (AvgIpc) is 3.60. The Morgan fingerprint density at radius 2 is 1.44 bits per heavy atom. The summed E-state index contributed by atoms with van der Waals surface area (Å²) in [4.78, 5) is 2.15. The van der Waals surface area contributed by atoms with E-state index in [-0.39, 0.29) is 12.8 Å². The van der Waals surface area contributed by atoms with Crippen molar-refractivity contribution in [1.29, 1.82) is 0 Å². The van der Waals surface area contributed by atoms with Gasteiger partial charge in [-0.3, -0.25) is 0 Å². The maximum Gasteiger partial charge on any atom is 0.143 e. The topological polar surface area (TPSA) is 60.4 Å². The fraction of sp³-hybridized carbons (Fsp3) is 0.333. The number of hydrogen-bond donors (Lipinski definition) is 1. The van der Waals surface area contributed by atoms with Crippen LogP contribution in [0.15, 0.2) is 91.1 Å². The highest BCUT2D eigenvalue weighted by Crippen LogP contribution is 2.42. The molecule has 1 N–H and O–H groups in total. The van der Waals surface area contributed by atoms with Crippen LogP contribution in [-0.2, 0) is 15.1 Å². The summed E-state index contributed by atoms with van der Waals surface area (Å²) in [6.45, 7) is 1.14. The summed E-state index contributed by atoms with van der Waals surface area (Å²) in [5.74, 6) is 1.54. The van der Waals surface area contributed by atoms with E-state index in [0.717, 1.165) is 41.2 Å². The lowest BCUT2D eigenvalue weighted by Gasteiger charge is -2.37. The van der Waals surface area contributed by atoms with E-state index < -0.39 is 17.8 Å². The van der Waals surface area contributed by atoms with E-state index in [9.17, 15) is 5.11 Å². The molecule has 6 nitrogen and oxygen atoms in total. The molecule has 0 radical (unpaired) electrons. The smallest absolute Gasteiger partial charge is 0.143 e. The number of aliphatic hydroxyl groups excluding tert-OH is 1. The molecule has 5 rings (SSSR count). The van der Waals surface area contributed by atoms with Gasteiger partial charge >= 0.3 is 0 Å². The van der Waals surface area contributed by atoms with Crippen molar-refractivity contribution < 1.29 is 24.1 Å². The summed E-state index contributed by atoms with van der Waals surface area (Å²) in [7, 11) is 3.31. The van der Waals surface area contributed by atoms with Crippen molar-refractivity contribution in [3.8, 4) is 11.5 Å². The lowest BCUT2D eigenvalue weighted by molar-refractivity contribution is -0.102. The quantitative estimate of drug-likeness (QED) is 0.441. The zero-order valence-corrected chi connectivity index (χ0v) is 20.7. The Balaban J connectivity index is 1.53. The van der Waals surface area contributed by atoms with Crippen LogP contribution in [0.2, 0.25) is 0 Å². The lowest BCUT2D eigenvalue weighted by Crippen LogP contribution is -2.38. The molecule has 3 atom stereocenters. The Kier molecular flexibility index (Phi) is 7.28. The molecular formula is C30H33NO5. The fourth-order valence-electron chi connectivity index (χ4n) is 5.10. The van der Waals surface area contributed by atoms with Gasteiger partial charge in [0.2, 0.25) is 0 Å². The summed E-state index contributed by atoms with van der Waals surface area (Å²) < 4.78 is 24.0. The predicted octanol–water partition coefficient (Wildman–Crippen LogP) is 4.71. The first kappa shape index (κ1) is 24.4. The van der Waals surface area contributed by atoms with E-state index in [1.807, 2.05) is 66.7 Å². The van der Waals surface area contributed by atoms with Crippen LogP contribution in [0, 0.1) is 0 Å². The van der Waals surface area contributed by atoms with Gasteiger partial charge in [0.15, 0.2) is 0 Å². The molecule has 0 saturated carbocycles. The minimum absolute atomic E-state index is 0.138. The minimum Gasteiger partial charge on any atom is -0.497 e. The van der Waals surface area contributed by atoms with Crippen LogP contribution in [0.3, 0.4) is 0 Å². The number of methoxy groups -OCH3 is 2. The first-order valence-corrected chi connectivity index (χ1v) is 12.4.